The third-order valence-electron chi connectivity index (χ3n) is 2.82. The fourth-order valence-electron chi connectivity index (χ4n) is 1.85. The fourth-order valence-corrected chi connectivity index (χ4v) is 1.85. The maximum atomic E-state index is 12.0. The van der Waals surface area contributed by atoms with Gasteiger partial charge in [-0.3, -0.25) is 9.59 Å². The van der Waals surface area contributed by atoms with Crippen LogP contribution in [0.4, 0.5) is 0 Å². The zero-order chi connectivity index (χ0) is 12.7. The lowest BCUT2D eigenvalue weighted by molar-refractivity contribution is -0.146. The van der Waals surface area contributed by atoms with Gasteiger partial charge < -0.3 is 15.0 Å². The molecule has 5 nitrogen and oxygen atoms in total. The highest BCUT2D eigenvalue weighted by Gasteiger charge is 2.29. The van der Waals surface area contributed by atoms with Crippen LogP contribution in [0.25, 0.3) is 0 Å². The van der Waals surface area contributed by atoms with E-state index in [-0.39, 0.29) is 18.3 Å². The maximum absolute atomic E-state index is 12.0. The van der Waals surface area contributed by atoms with E-state index in [1.807, 2.05) is 6.08 Å². The van der Waals surface area contributed by atoms with E-state index in [0.717, 1.165) is 25.9 Å². The third-order valence-corrected chi connectivity index (χ3v) is 2.82. The minimum absolute atomic E-state index is 0.00860. The monoisotopic (exact) mass is 240 g/mol. The summed E-state index contributed by atoms with van der Waals surface area (Å²) in [5.41, 5.74) is 0. The Balaban J connectivity index is 2.44. The molecule has 1 rings (SSSR count). The summed E-state index contributed by atoms with van der Waals surface area (Å²) in [6, 6.07) is -0.431. The molecule has 96 valence electrons. The molecule has 1 unspecified atom stereocenters. The summed E-state index contributed by atoms with van der Waals surface area (Å²) in [5.74, 6) is -0.366. The van der Waals surface area contributed by atoms with Crippen LogP contribution in [0.15, 0.2) is 12.7 Å². The first-order chi connectivity index (χ1) is 8.19. The molecular weight excluding hydrogens is 220 g/mol. The first-order valence-corrected chi connectivity index (χ1v) is 5.89. The normalized spacial score (nSPS) is 20.2. The fraction of sp³-hybridized carbons (Fsp3) is 0.667. The molecule has 1 aliphatic rings. The van der Waals surface area contributed by atoms with Crippen LogP contribution in [-0.2, 0) is 14.3 Å². The Kier molecular flexibility index (Phi) is 5.69. The van der Waals surface area contributed by atoms with E-state index < -0.39 is 6.04 Å². The van der Waals surface area contributed by atoms with Gasteiger partial charge in [0, 0.05) is 19.6 Å². The van der Waals surface area contributed by atoms with Crippen LogP contribution in [0, 0.1) is 0 Å². The zero-order valence-electron chi connectivity index (χ0n) is 10.3. The van der Waals surface area contributed by atoms with Gasteiger partial charge in [0.1, 0.15) is 0 Å². The van der Waals surface area contributed by atoms with Crippen molar-refractivity contribution in [2.45, 2.75) is 25.3 Å². The maximum Gasteiger partial charge on any atom is 0.307 e. The highest BCUT2D eigenvalue weighted by atomic mass is 16.5. The number of carbonyl (C=O) groups is 2. The van der Waals surface area contributed by atoms with E-state index in [0.29, 0.717) is 6.54 Å². The van der Waals surface area contributed by atoms with Gasteiger partial charge >= 0.3 is 5.97 Å². The van der Waals surface area contributed by atoms with Crippen molar-refractivity contribution < 1.29 is 14.3 Å². The average molecular weight is 240 g/mol. The second kappa shape index (κ2) is 7.06. The topological polar surface area (TPSA) is 58.6 Å². The first kappa shape index (κ1) is 13.7. The van der Waals surface area contributed by atoms with Crippen molar-refractivity contribution in [2.24, 2.45) is 0 Å². The number of hydrogen-bond acceptors (Lipinski definition) is 4. The summed E-state index contributed by atoms with van der Waals surface area (Å²) in [6.07, 6.45) is 3.77. The van der Waals surface area contributed by atoms with E-state index in [4.69, 9.17) is 0 Å². The Hall–Kier alpha value is -1.36. The Morgan fingerprint density at radius 3 is 3.12 bits per heavy atom. The van der Waals surface area contributed by atoms with Gasteiger partial charge in [0.15, 0.2) is 0 Å². The molecule has 0 aromatic rings. The molecule has 0 bridgehead atoms. The van der Waals surface area contributed by atoms with E-state index in [2.05, 4.69) is 16.6 Å². The molecule has 17 heavy (non-hydrogen) atoms. The van der Waals surface area contributed by atoms with Crippen LogP contribution in [0.2, 0.25) is 0 Å². The van der Waals surface area contributed by atoms with Crippen LogP contribution in [-0.4, -0.2) is 49.6 Å². The van der Waals surface area contributed by atoms with Gasteiger partial charge in [-0.25, -0.2) is 0 Å². The molecule has 0 aromatic heterocycles. The zero-order valence-corrected chi connectivity index (χ0v) is 10.3. The highest BCUT2D eigenvalue weighted by molar-refractivity contribution is 5.87. The van der Waals surface area contributed by atoms with Crippen molar-refractivity contribution in [3.63, 3.8) is 0 Å². The molecule has 0 aromatic carbocycles. The highest BCUT2D eigenvalue weighted by Crippen LogP contribution is 2.07. The number of piperazine rings is 1. The minimum Gasteiger partial charge on any atom is -0.469 e. The number of amides is 1. The molecule has 1 saturated heterocycles. The lowest BCUT2D eigenvalue weighted by Gasteiger charge is -2.32. The summed E-state index contributed by atoms with van der Waals surface area (Å²) in [5, 5.41) is 3.04. The van der Waals surface area contributed by atoms with Gasteiger partial charge in [-0.2, -0.15) is 0 Å². The lowest BCUT2D eigenvalue weighted by atomic mass is 10.1. The third kappa shape index (κ3) is 4.19. The number of hydrogen-bond donors (Lipinski definition) is 1. The molecule has 1 amide bonds. The summed E-state index contributed by atoms with van der Waals surface area (Å²) < 4.78 is 4.57. The second-order valence-corrected chi connectivity index (χ2v) is 4.04. The van der Waals surface area contributed by atoms with Crippen molar-refractivity contribution in [2.75, 3.05) is 26.7 Å². The summed E-state index contributed by atoms with van der Waals surface area (Å²) in [4.78, 5) is 24.9. The predicted molar refractivity (Wildman–Crippen MR) is 64.4 cm³/mol. The van der Waals surface area contributed by atoms with Gasteiger partial charge in [0.05, 0.1) is 19.6 Å². The Labute approximate surface area is 102 Å². The smallest absolute Gasteiger partial charge is 0.307 e. The number of methoxy groups -OCH3 is 1. The van der Waals surface area contributed by atoms with E-state index in [9.17, 15) is 9.59 Å². The summed E-state index contributed by atoms with van der Waals surface area (Å²) in [6.45, 7) is 5.80. The largest absolute Gasteiger partial charge is 0.469 e. The number of rotatable bonds is 6. The molecule has 1 aliphatic heterocycles. The van der Waals surface area contributed by atoms with Crippen LogP contribution >= 0.6 is 0 Å². The summed E-state index contributed by atoms with van der Waals surface area (Å²) in [7, 11) is 1.33. The summed E-state index contributed by atoms with van der Waals surface area (Å²) >= 11 is 0. The first-order valence-electron chi connectivity index (χ1n) is 5.89. The van der Waals surface area contributed by atoms with Crippen LogP contribution in [0.5, 0.6) is 0 Å². The average Bonchev–Trinajstić information content (AvgIpc) is 2.34. The Bertz CT molecular complexity index is 291. The number of carbonyl (C=O) groups excluding carboxylic acids is 2. The van der Waals surface area contributed by atoms with Crippen molar-refractivity contribution >= 4 is 11.9 Å². The molecule has 1 atom stereocenters. The number of allylic oxidation sites excluding steroid dienone is 1. The number of nitrogens with one attached hydrogen (secondary N) is 1. The standard InChI is InChI=1S/C12H20N2O3/c1-3-4-5-7-14-8-6-13-10(12(14)16)9-11(15)17-2/h3,10,13H,1,4-9H2,2H3. The van der Waals surface area contributed by atoms with Crippen LogP contribution < -0.4 is 5.32 Å². The molecule has 0 aliphatic carbocycles. The van der Waals surface area contributed by atoms with Gasteiger partial charge in [0.2, 0.25) is 5.91 Å². The number of esters is 1. The number of nitrogens with zero attached hydrogens (tertiary/aromatic N) is 1. The SMILES string of the molecule is C=CCCCN1CCNC(CC(=O)OC)C1=O. The molecule has 5 heteroatoms. The van der Waals surface area contributed by atoms with Gasteiger partial charge in [0.25, 0.3) is 0 Å². The minimum atomic E-state index is -0.431. The number of unbranched alkanes of at least 4 members (excludes halogenated alkanes) is 1. The van der Waals surface area contributed by atoms with Crippen LogP contribution in [0.3, 0.4) is 0 Å². The van der Waals surface area contributed by atoms with Crippen molar-refractivity contribution in [1.29, 1.82) is 0 Å². The van der Waals surface area contributed by atoms with Crippen molar-refractivity contribution in [3.05, 3.63) is 12.7 Å². The molecule has 0 saturated carbocycles. The molecular formula is C12H20N2O3. The molecule has 1 heterocycles. The van der Waals surface area contributed by atoms with E-state index >= 15 is 0 Å². The quantitative estimate of drug-likeness (QED) is 0.412. The predicted octanol–water partition coefficient (Wildman–Crippen LogP) is 0.316. The van der Waals surface area contributed by atoms with Gasteiger partial charge in [-0.05, 0) is 12.8 Å². The second-order valence-electron chi connectivity index (χ2n) is 4.04. The van der Waals surface area contributed by atoms with Crippen molar-refractivity contribution in [1.82, 2.24) is 10.2 Å². The van der Waals surface area contributed by atoms with Crippen LogP contribution in [0.1, 0.15) is 19.3 Å². The Morgan fingerprint density at radius 2 is 2.47 bits per heavy atom. The van der Waals surface area contributed by atoms with Gasteiger partial charge in [-0.1, -0.05) is 6.08 Å². The van der Waals surface area contributed by atoms with Crippen molar-refractivity contribution in [3.8, 4) is 0 Å². The molecule has 1 fully saturated rings. The van der Waals surface area contributed by atoms with E-state index in [1.54, 1.807) is 4.90 Å². The molecule has 0 spiro atoms. The number of ether oxygens (including phenoxy) is 1. The van der Waals surface area contributed by atoms with Gasteiger partial charge in [-0.15, -0.1) is 6.58 Å². The van der Waals surface area contributed by atoms with E-state index in [1.165, 1.54) is 7.11 Å². The lowest BCUT2D eigenvalue weighted by Crippen LogP contribution is -2.55. The Morgan fingerprint density at radius 1 is 1.71 bits per heavy atom. The molecule has 0 radical (unpaired) electrons. The molecule has 1 N–H and O–H groups in total.